The molecule has 1 aromatic carbocycles. The van der Waals surface area contributed by atoms with Crippen LogP contribution in [0.5, 0.6) is 0 Å². The van der Waals surface area contributed by atoms with Crippen LogP contribution in [0.3, 0.4) is 0 Å². The van der Waals surface area contributed by atoms with Crippen LogP contribution >= 0.6 is 0 Å². The average Bonchev–Trinajstić information content (AvgIpc) is 3.19. The van der Waals surface area contributed by atoms with E-state index in [2.05, 4.69) is 14.9 Å². The molecule has 5 nitrogen and oxygen atoms in total. The molecule has 0 spiro atoms. The molecule has 1 unspecified atom stereocenters. The summed E-state index contributed by atoms with van der Waals surface area (Å²) >= 11 is 0. The standard InChI is InChI=1S/C17H21N3O2/c1-13-11-19-16(14-5-3-2-4-6-14)20(13)9-8-18-17(21)15-7-10-22-12-15/h2-6,11,15H,7-10,12H2,1H3,(H,18,21). The maximum Gasteiger partial charge on any atom is 0.225 e. The van der Waals surface area contributed by atoms with Gasteiger partial charge in [-0.05, 0) is 13.3 Å². The van der Waals surface area contributed by atoms with Gasteiger partial charge in [-0.15, -0.1) is 0 Å². The Hall–Kier alpha value is -2.14. The predicted molar refractivity (Wildman–Crippen MR) is 84.3 cm³/mol. The molecule has 1 N–H and O–H groups in total. The Morgan fingerprint density at radius 3 is 2.95 bits per heavy atom. The van der Waals surface area contributed by atoms with Gasteiger partial charge in [0.25, 0.3) is 0 Å². The Morgan fingerprint density at radius 1 is 1.41 bits per heavy atom. The van der Waals surface area contributed by atoms with Crippen molar-refractivity contribution in [1.29, 1.82) is 0 Å². The van der Waals surface area contributed by atoms with Crippen LogP contribution < -0.4 is 5.32 Å². The zero-order chi connectivity index (χ0) is 15.4. The van der Waals surface area contributed by atoms with E-state index in [0.717, 1.165) is 30.0 Å². The number of nitrogens with zero attached hydrogens (tertiary/aromatic N) is 2. The van der Waals surface area contributed by atoms with Crippen LogP contribution in [-0.4, -0.2) is 35.2 Å². The van der Waals surface area contributed by atoms with E-state index in [0.29, 0.717) is 19.8 Å². The van der Waals surface area contributed by atoms with Crippen LogP contribution in [0.25, 0.3) is 11.4 Å². The molecule has 1 aliphatic heterocycles. The number of nitrogens with one attached hydrogen (secondary N) is 1. The van der Waals surface area contributed by atoms with Crippen LogP contribution in [0.4, 0.5) is 0 Å². The molecule has 116 valence electrons. The summed E-state index contributed by atoms with van der Waals surface area (Å²) in [6.07, 6.45) is 2.69. The van der Waals surface area contributed by atoms with Gasteiger partial charge in [-0.3, -0.25) is 4.79 Å². The zero-order valence-corrected chi connectivity index (χ0v) is 12.8. The first-order valence-electron chi connectivity index (χ1n) is 7.68. The van der Waals surface area contributed by atoms with Crippen molar-refractivity contribution in [3.8, 4) is 11.4 Å². The number of ether oxygens (including phenoxy) is 1. The number of imidazole rings is 1. The summed E-state index contributed by atoms with van der Waals surface area (Å²) in [5.74, 6) is 1.05. The van der Waals surface area contributed by atoms with Crippen LogP contribution in [0.2, 0.25) is 0 Å². The maximum atomic E-state index is 12.0. The molecule has 22 heavy (non-hydrogen) atoms. The largest absolute Gasteiger partial charge is 0.381 e. The van der Waals surface area contributed by atoms with E-state index in [9.17, 15) is 4.79 Å². The highest BCUT2D eigenvalue weighted by Gasteiger charge is 2.23. The van der Waals surface area contributed by atoms with E-state index in [1.54, 1.807) is 0 Å². The molecule has 0 bridgehead atoms. The van der Waals surface area contributed by atoms with Crippen molar-refractivity contribution in [2.24, 2.45) is 5.92 Å². The molecule has 0 radical (unpaired) electrons. The van der Waals surface area contributed by atoms with Gasteiger partial charge < -0.3 is 14.6 Å². The molecule has 5 heteroatoms. The first kappa shape index (κ1) is 14.8. The van der Waals surface area contributed by atoms with Crippen molar-refractivity contribution in [2.75, 3.05) is 19.8 Å². The minimum atomic E-state index is 0.0116. The Bertz CT molecular complexity index is 631. The van der Waals surface area contributed by atoms with Gasteiger partial charge in [-0.25, -0.2) is 4.98 Å². The lowest BCUT2D eigenvalue weighted by Gasteiger charge is -2.13. The number of rotatable bonds is 5. The minimum Gasteiger partial charge on any atom is -0.381 e. The molecule has 1 fully saturated rings. The summed E-state index contributed by atoms with van der Waals surface area (Å²) in [6.45, 7) is 4.59. The molecule has 3 rings (SSSR count). The second-order valence-electron chi connectivity index (χ2n) is 5.59. The number of aryl methyl sites for hydroxylation is 1. The molecule has 1 aromatic heterocycles. The molecule has 0 aliphatic carbocycles. The molecule has 1 atom stereocenters. The van der Waals surface area contributed by atoms with Gasteiger partial charge in [0.05, 0.1) is 12.5 Å². The van der Waals surface area contributed by atoms with E-state index in [-0.39, 0.29) is 11.8 Å². The van der Waals surface area contributed by atoms with Crippen molar-refractivity contribution in [1.82, 2.24) is 14.9 Å². The highest BCUT2D eigenvalue weighted by molar-refractivity contribution is 5.78. The smallest absolute Gasteiger partial charge is 0.225 e. The number of benzene rings is 1. The lowest BCUT2D eigenvalue weighted by Crippen LogP contribution is -2.33. The van der Waals surface area contributed by atoms with Gasteiger partial charge in [-0.2, -0.15) is 0 Å². The monoisotopic (exact) mass is 299 g/mol. The summed E-state index contributed by atoms with van der Waals surface area (Å²) in [5, 5.41) is 3.00. The number of aromatic nitrogens is 2. The number of amides is 1. The summed E-state index contributed by atoms with van der Waals surface area (Å²) < 4.78 is 7.39. The van der Waals surface area contributed by atoms with Gasteiger partial charge >= 0.3 is 0 Å². The molecule has 2 aromatic rings. The van der Waals surface area contributed by atoms with Gasteiger partial charge in [-0.1, -0.05) is 30.3 Å². The number of carbonyl (C=O) groups excluding carboxylic acids is 1. The van der Waals surface area contributed by atoms with Crippen molar-refractivity contribution in [2.45, 2.75) is 19.9 Å². The van der Waals surface area contributed by atoms with Gasteiger partial charge in [0, 0.05) is 37.2 Å². The fraction of sp³-hybridized carbons (Fsp3) is 0.412. The van der Waals surface area contributed by atoms with E-state index in [1.165, 1.54) is 0 Å². The molecule has 1 amide bonds. The first-order valence-corrected chi connectivity index (χ1v) is 7.68. The molecule has 1 aliphatic rings. The Labute approximate surface area is 130 Å². The summed E-state index contributed by atoms with van der Waals surface area (Å²) in [7, 11) is 0. The van der Waals surface area contributed by atoms with Crippen molar-refractivity contribution >= 4 is 5.91 Å². The Kier molecular flexibility index (Phi) is 4.53. The highest BCUT2D eigenvalue weighted by Crippen LogP contribution is 2.19. The quantitative estimate of drug-likeness (QED) is 0.919. The molecular formula is C17H21N3O2. The Morgan fingerprint density at radius 2 is 2.23 bits per heavy atom. The third-order valence-corrected chi connectivity index (χ3v) is 4.02. The number of hydrogen-bond acceptors (Lipinski definition) is 3. The van der Waals surface area contributed by atoms with Gasteiger partial charge in [0.15, 0.2) is 0 Å². The van der Waals surface area contributed by atoms with Crippen LogP contribution in [0.1, 0.15) is 12.1 Å². The maximum absolute atomic E-state index is 12.0. The third kappa shape index (κ3) is 3.20. The third-order valence-electron chi connectivity index (χ3n) is 4.02. The lowest BCUT2D eigenvalue weighted by molar-refractivity contribution is -0.124. The van der Waals surface area contributed by atoms with Crippen molar-refractivity contribution in [3.05, 3.63) is 42.2 Å². The van der Waals surface area contributed by atoms with Crippen molar-refractivity contribution in [3.63, 3.8) is 0 Å². The van der Waals surface area contributed by atoms with E-state index in [4.69, 9.17) is 4.74 Å². The topological polar surface area (TPSA) is 56.2 Å². The second-order valence-corrected chi connectivity index (χ2v) is 5.59. The zero-order valence-electron chi connectivity index (χ0n) is 12.8. The van der Waals surface area contributed by atoms with Crippen LogP contribution in [-0.2, 0) is 16.1 Å². The van der Waals surface area contributed by atoms with E-state index < -0.39 is 0 Å². The molecule has 2 heterocycles. The summed E-state index contributed by atoms with van der Waals surface area (Å²) in [4.78, 5) is 16.5. The van der Waals surface area contributed by atoms with Crippen molar-refractivity contribution < 1.29 is 9.53 Å². The summed E-state index contributed by atoms with van der Waals surface area (Å²) in [6, 6.07) is 10.1. The Balaban J connectivity index is 1.63. The normalized spacial score (nSPS) is 17.6. The second kappa shape index (κ2) is 6.75. The van der Waals surface area contributed by atoms with Gasteiger partial charge in [0.2, 0.25) is 5.91 Å². The van der Waals surface area contributed by atoms with Crippen LogP contribution in [0, 0.1) is 12.8 Å². The molecular weight excluding hydrogens is 278 g/mol. The van der Waals surface area contributed by atoms with Crippen LogP contribution in [0.15, 0.2) is 36.5 Å². The highest BCUT2D eigenvalue weighted by atomic mass is 16.5. The number of carbonyl (C=O) groups is 1. The predicted octanol–water partition coefficient (Wildman–Crippen LogP) is 2.01. The molecule has 1 saturated heterocycles. The van der Waals surface area contributed by atoms with Gasteiger partial charge in [0.1, 0.15) is 5.82 Å². The average molecular weight is 299 g/mol. The fourth-order valence-corrected chi connectivity index (χ4v) is 2.74. The first-order chi connectivity index (χ1) is 10.8. The van der Waals surface area contributed by atoms with E-state index in [1.807, 2.05) is 43.5 Å². The number of hydrogen-bond donors (Lipinski definition) is 1. The molecule has 0 saturated carbocycles. The van der Waals surface area contributed by atoms with E-state index >= 15 is 0 Å². The minimum absolute atomic E-state index is 0.0116. The summed E-state index contributed by atoms with van der Waals surface area (Å²) in [5.41, 5.74) is 2.18. The SMILES string of the molecule is Cc1cnc(-c2ccccc2)n1CCNC(=O)C1CCOC1. The fourth-order valence-electron chi connectivity index (χ4n) is 2.74. The lowest BCUT2D eigenvalue weighted by atomic mass is 10.1.